The molecule has 7 nitrogen and oxygen atoms in total. The maximum atomic E-state index is 13.8. The number of nitrogens with zero attached hydrogens (tertiary/aromatic N) is 3. The van der Waals surface area contributed by atoms with Crippen LogP contribution in [-0.4, -0.2) is 52.9 Å². The van der Waals surface area contributed by atoms with Crippen LogP contribution >= 0.6 is 0 Å². The van der Waals surface area contributed by atoms with Gasteiger partial charge >= 0.3 is 0 Å². The molecule has 2 saturated heterocycles. The molecule has 3 heterocycles. The van der Waals surface area contributed by atoms with Crippen LogP contribution < -0.4 is 5.32 Å². The minimum Gasteiger partial charge on any atom is -0.347 e. The Morgan fingerprint density at radius 3 is 2.50 bits per heavy atom. The highest BCUT2D eigenvalue weighted by Gasteiger charge is 2.41. The molecule has 2 aliphatic heterocycles. The molecule has 1 amide bonds. The van der Waals surface area contributed by atoms with Gasteiger partial charge in [-0.05, 0) is 18.2 Å². The Balaban J connectivity index is 1.46. The number of hydrogen-bond donors (Lipinski definition) is 1. The van der Waals surface area contributed by atoms with Gasteiger partial charge in [-0.3, -0.25) is 4.79 Å². The van der Waals surface area contributed by atoms with E-state index in [1.54, 1.807) is 4.90 Å². The molecule has 10 heteroatoms. The van der Waals surface area contributed by atoms with E-state index in [2.05, 4.69) is 15.3 Å². The molecule has 0 bridgehead atoms. The summed E-state index contributed by atoms with van der Waals surface area (Å²) in [5.74, 6) is -5.31. The number of likely N-dealkylation sites (tertiary alicyclic amines) is 1. The Kier molecular flexibility index (Phi) is 4.90. The van der Waals surface area contributed by atoms with Crippen LogP contribution in [0.25, 0.3) is 0 Å². The Morgan fingerprint density at radius 1 is 1.07 bits per heavy atom. The summed E-state index contributed by atoms with van der Waals surface area (Å²) in [5, 5.41) is 2.46. The van der Waals surface area contributed by atoms with Crippen LogP contribution in [0, 0.1) is 17.5 Å². The van der Waals surface area contributed by atoms with Gasteiger partial charge in [0.05, 0.1) is 18.9 Å². The van der Waals surface area contributed by atoms with E-state index < -0.39 is 23.2 Å². The molecule has 4 rings (SSSR count). The fourth-order valence-corrected chi connectivity index (χ4v) is 3.28. The van der Waals surface area contributed by atoms with Crippen LogP contribution in [-0.2, 0) is 9.47 Å². The third-order valence-corrected chi connectivity index (χ3v) is 4.78. The van der Waals surface area contributed by atoms with Crippen LogP contribution in [0.5, 0.6) is 0 Å². The van der Waals surface area contributed by atoms with Gasteiger partial charge in [0, 0.05) is 32.1 Å². The van der Waals surface area contributed by atoms with Gasteiger partial charge in [-0.2, -0.15) is 0 Å². The lowest BCUT2D eigenvalue weighted by Crippen LogP contribution is -2.47. The molecule has 1 spiro atoms. The van der Waals surface area contributed by atoms with E-state index in [-0.39, 0.29) is 23.2 Å². The van der Waals surface area contributed by atoms with Gasteiger partial charge in [-0.15, -0.1) is 0 Å². The predicted octanol–water partition coefficient (Wildman–Crippen LogP) is 2.62. The third kappa shape index (κ3) is 3.52. The first-order valence-electron chi connectivity index (χ1n) is 8.78. The Hall–Kier alpha value is -2.72. The first-order valence-corrected chi connectivity index (χ1v) is 8.78. The van der Waals surface area contributed by atoms with E-state index in [0.29, 0.717) is 39.1 Å². The summed E-state index contributed by atoms with van der Waals surface area (Å²) in [7, 11) is 0. The van der Waals surface area contributed by atoms with Crippen molar-refractivity contribution in [1.29, 1.82) is 0 Å². The van der Waals surface area contributed by atoms with Crippen molar-refractivity contribution in [3.05, 3.63) is 47.5 Å². The van der Waals surface area contributed by atoms with Gasteiger partial charge in [0.1, 0.15) is 5.69 Å². The van der Waals surface area contributed by atoms with E-state index >= 15 is 0 Å². The van der Waals surface area contributed by atoms with E-state index in [4.69, 9.17) is 9.47 Å². The SMILES string of the molecule is O=C(c1ccnc(Nc2ccc(F)c(F)c2F)n1)N1CCC2(CC1)OCCO2. The Morgan fingerprint density at radius 2 is 1.79 bits per heavy atom. The van der Waals surface area contributed by atoms with E-state index in [0.717, 1.165) is 12.1 Å². The molecule has 1 N–H and O–H groups in total. The number of nitrogens with one attached hydrogen (secondary N) is 1. The quantitative estimate of drug-likeness (QED) is 0.807. The van der Waals surface area contributed by atoms with E-state index in [9.17, 15) is 18.0 Å². The topological polar surface area (TPSA) is 76.6 Å². The molecule has 2 aromatic rings. The second-order valence-electron chi connectivity index (χ2n) is 6.51. The maximum Gasteiger partial charge on any atom is 0.272 e. The molecular formula is C18H17F3N4O3. The summed E-state index contributed by atoms with van der Waals surface area (Å²) >= 11 is 0. The van der Waals surface area contributed by atoms with Crippen LogP contribution in [0.3, 0.4) is 0 Å². The van der Waals surface area contributed by atoms with Crippen LogP contribution in [0.1, 0.15) is 23.3 Å². The van der Waals surface area contributed by atoms with Gasteiger partial charge in [-0.25, -0.2) is 23.1 Å². The van der Waals surface area contributed by atoms with Crippen LogP contribution in [0.2, 0.25) is 0 Å². The van der Waals surface area contributed by atoms with E-state index in [1.807, 2.05) is 0 Å². The molecule has 148 valence electrons. The highest BCUT2D eigenvalue weighted by Crippen LogP contribution is 2.31. The van der Waals surface area contributed by atoms with E-state index in [1.165, 1.54) is 12.3 Å². The molecule has 2 fully saturated rings. The fraction of sp³-hybridized carbons (Fsp3) is 0.389. The lowest BCUT2D eigenvalue weighted by atomic mass is 10.0. The smallest absolute Gasteiger partial charge is 0.272 e. The number of benzene rings is 1. The number of anilines is 2. The molecule has 2 aliphatic rings. The predicted molar refractivity (Wildman–Crippen MR) is 91.4 cm³/mol. The summed E-state index contributed by atoms with van der Waals surface area (Å²) in [6.07, 6.45) is 2.46. The Bertz CT molecular complexity index is 896. The van der Waals surface area contributed by atoms with Crippen molar-refractivity contribution in [3.8, 4) is 0 Å². The molecule has 0 radical (unpaired) electrons. The fourth-order valence-electron chi connectivity index (χ4n) is 3.28. The first kappa shape index (κ1) is 18.6. The van der Waals surface area contributed by atoms with Gasteiger partial charge < -0.3 is 19.7 Å². The number of halogens is 3. The lowest BCUT2D eigenvalue weighted by molar-refractivity contribution is -0.181. The van der Waals surface area contributed by atoms with Gasteiger partial charge in [0.25, 0.3) is 5.91 Å². The average molecular weight is 394 g/mol. The minimum absolute atomic E-state index is 0.102. The third-order valence-electron chi connectivity index (χ3n) is 4.78. The molecular weight excluding hydrogens is 377 g/mol. The van der Waals surface area contributed by atoms with Crippen molar-refractivity contribution in [1.82, 2.24) is 14.9 Å². The molecule has 0 atom stereocenters. The van der Waals surface area contributed by atoms with Crippen molar-refractivity contribution in [2.45, 2.75) is 18.6 Å². The second kappa shape index (κ2) is 7.36. The van der Waals surface area contributed by atoms with Crippen molar-refractivity contribution < 1.29 is 27.4 Å². The van der Waals surface area contributed by atoms with Gasteiger partial charge in [-0.1, -0.05) is 0 Å². The van der Waals surface area contributed by atoms with Crippen LogP contribution in [0.15, 0.2) is 24.4 Å². The normalized spacial score (nSPS) is 18.5. The second-order valence-corrected chi connectivity index (χ2v) is 6.51. The van der Waals surface area contributed by atoms with Crippen molar-refractivity contribution in [3.63, 3.8) is 0 Å². The summed E-state index contributed by atoms with van der Waals surface area (Å²) in [6.45, 7) is 2.00. The van der Waals surface area contributed by atoms with Crippen molar-refractivity contribution >= 4 is 17.5 Å². The number of piperidine rings is 1. The zero-order valence-electron chi connectivity index (χ0n) is 14.8. The highest BCUT2D eigenvalue weighted by atomic mass is 19.2. The highest BCUT2D eigenvalue weighted by molar-refractivity contribution is 5.92. The summed E-state index contributed by atoms with van der Waals surface area (Å²) < 4.78 is 51.5. The Labute approximate surface area is 158 Å². The zero-order valence-corrected chi connectivity index (χ0v) is 14.8. The molecule has 1 aromatic carbocycles. The molecule has 0 saturated carbocycles. The average Bonchev–Trinajstić information content (AvgIpc) is 3.17. The number of rotatable bonds is 3. The summed E-state index contributed by atoms with van der Waals surface area (Å²) in [5.41, 5.74) is -0.233. The molecule has 0 unspecified atom stereocenters. The largest absolute Gasteiger partial charge is 0.347 e. The number of aromatic nitrogens is 2. The number of carbonyl (C=O) groups excluding carboxylic acids is 1. The van der Waals surface area contributed by atoms with Crippen molar-refractivity contribution in [2.75, 3.05) is 31.6 Å². The number of carbonyl (C=O) groups is 1. The molecule has 0 aliphatic carbocycles. The summed E-state index contributed by atoms with van der Waals surface area (Å²) in [4.78, 5) is 22.3. The zero-order chi connectivity index (χ0) is 19.7. The minimum atomic E-state index is -1.60. The monoisotopic (exact) mass is 394 g/mol. The van der Waals surface area contributed by atoms with Gasteiger partial charge in [0.2, 0.25) is 5.95 Å². The number of ether oxygens (including phenoxy) is 2. The number of hydrogen-bond acceptors (Lipinski definition) is 6. The van der Waals surface area contributed by atoms with Gasteiger partial charge in [0.15, 0.2) is 23.2 Å². The molecule has 28 heavy (non-hydrogen) atoms. The number of amides is 1. The molecule has 1 aromatic heterocycles. The first-order chi connectivity index (χ1) is 13.5. The van der Waals surface area contributed by atoms with Crippen LogP contribution in [0.4, 0.5) is 24.8 Å². The lowest BCUT2D eigenvalue weighted by Gasteiger charge is -2.37. The standard InChI is InChI=1S/C18H17F3N4O3/c19-11-1-2-12(15(21)14(11)20)23-17-22-6-3-13(24-17)16(26)25-7-4-18(5-8-25)27-9-10-28-18/h1-3,6H,4-5,7-10H2,(H,22,23,24). The maximum absolute atomic E-state index is 13.8. The van der Waals surface area contributed by atoms with Crippen molar-refractivity contribution in [2.24, 2.45) is 0 Å². The summed E-state index contributed by atoms with van der Waals surface area (Å²) in [6, 6.07) is 3.24.